The van der Waals surface area contributed by atoms with Crippen molar-refractivity contribution in [1.82, 2.24) is 10.6 Å². The van der Waals surface area contributed by atoms with E-state index >= 15 is 0 Å². The number of rotatable bonds is 20. The highest BCUT2D eigenvalue weighted by molar-refractivity contribution is 5.04. The molecule has 0 atom stereocenters. The number of hydrogen-bond donors (Lipinski definition) is 2. The summed E-state index contributed by atoms with van der Waals surface area (Å²) in [7, 11) is 0. The Balaban J connectivity index is 0. The molecule has 1 fully saturated rings. The van der Waals surface area contributed by atoms with Crippen molar-refractivity contribution in [1.29, 1.82) is 0 Å². The van der Waals surface area contributed by atoms with Crippen LogP contribution in [0, 0.1) is 29.1 Å². The van der Waals surface area contributed by atoms with Crippen LogP contribution in [0.1, 0.15) is 94.4 Å². The van der Waals surface area contributed by atoms with Gasteiger partial charge in [0.25, 0.3) is 0 Å². The van der Waals surface area contributed by atoms with Crippen LogP contribution in [0.2, 0.25) is 0 Å². The zero-order chi connectivity index (χ0) is 30.0. The average molecular weight is 555 g/mol. The van der Waals surface area contributed by atoms with Crippen LogP contribution >= 0.6 is 0 Å². The molecular formula is C33H66N2O4. The molecule has 0 aromatic heterocycles. The zero-order valence-electron chi connectivity index (χ0n) is 27.4. The van der Waals surface area contributed by atoms with Crippen molar-refractivity contribution >= 4 is 0 Å². The van der Waals surface area contributed by atoms with Gasteiger partial charge in [0, 0.05) is 37.7 Å². The molecule has 6 heteroatoms. The third-order valence-electron chi connectivity index (χ3n) is 6.15. The van der Waals surface area contributed by atoms with E-state index in [1.165, 1.54) is 19.3 Å². The highest BCUT2D eigenvalue weighted by Crippen LogP contribution is 2.41. The van der Waals surface area contributed by atoms with Crippen LogP contribution in [-0.2, 0) is 18.9 Å². The SMILES string of the molecule is C=C.CC(C)CCCOCCOCCNC1(C(C)C)CC1.CC(C)NCCOCCOCC#CCC(C)(C)C. The molecule has 0 aromatic carbocycles. The molecule has 0 saturated heterocycles. The van der Waals surface area contributed by atoms with E-state index in [4.69, 9.17) is 18.9 Å². The molecule has 39 heavy (non-hydrogen) atoms. The number of ether oxygens (including phenoxy) is 4. The maximum atomic E-state index is 5.58. The Morgan fingerprint density at radius 3 is 1.77 bits per heavy atom. The van der Waals surface area contributed by atoms with Gasteiger partial charge in [-0.2, -0.15) is 0 Å². The molecule has 6 nitrogen and oxygen atoms in total. The van der Waals surface area contributed by atoms with Crippen LogP contribution in [0.3, 0.4) is 0 Å². The summed E-state index contributed by atoms with van der Waals surface area (Å²) < 4.78 is 21.9. The van der Waals surface area contributed by atoms with Gasteiger partial charge in [-0.3, -0.25) is 0 Å². The molecule has 2 N–H and O–H groups in total. The Bertz CT molecular complexity index is 587. The summed E-state index contributed by atoms with van der Waals surface area (Å²) >= 11 is 0. The van der Waals surface area contributed by atoms with Crippen molar-refractivity contribution in [2.24, 2.45) is 17.3 Å². The molecule has 1 aliphatic rings. The molecule has 0 aromatic rings. The van der Waals surface area contributed by atoms with Crippen LogP contribution in [0.15, 0.2) is 13.2 Å². The first kappa shape index (κ1) is 40.2. The molecule has 0 aliphatic heterocycles. The second-order valence-electron chi connectivity index (χ2n) is 12.4. The van der Waals surface area contributed by atoms with E-state index in [9.17, 15) is 0 Å². The molecule has 0 bridgehead atoms. The fourth-order valence-electron chi connectivity index (χ4n) is 3.52. The van der Waals surface area contributed by atoms with Gasteiger partial charge < -0.3 is 29.6 Å². The Morgan fingerprint density at radius 1 is 0.744 bits per heavy atom. The van der Waals surface area contributed by atoms with Gasteiger partial charge >= 0.3 is 0 Å². The quantitative estimate of drug-likeness (QED) is 0.102. The average Bonchev–Trinajstić information content (AvgIpc) is 3.66. The molecule has 0 heterocycles. The van der Waals surface area contributed by atoms with E-state index in [1.54, 1.807) is 0 Å². The fraction of sp³-hybridized carbons (Fsp3) is 0.879. The molecule has 1 rings (SSSR count). The van der Waals surface area contributed by atoms with E-state index < -0.39 is 0 Å². The first-order valence-corrected chi connectivity index (χ1v) is 15.2. The summed E-state index contributed by atoms with van der Waals surface area (Å²) in [6.07, 6.45) is 5.97. The minimum atomic E-state index is 0.277. The lowest BCUT2D eigenvalue weighted by molar-refractivity contribution is 0.0454. The maximum Gasteiger partial charge on any atom is 0.107 e. The van der Waals surface area contributed by atoms with Gasteiger partial charge in [0.1, 0.15) is 6.61 Å². The van der Waals surface area contributed by atoms with Gasteiger partial charge in [-0.25, -0.2) is 0 Å². The first-order chi connectivity index (χ1) is 18.5. The fourth-order valence-corrected chi connectivity index (χ4v) is 3.52. The minimum absolute atomic E-state index is 0.277. The van der Waals surface area contributed by atoms with Gasteiger partial charge in [0.15, 0.2) is 0 Å². The van der Waals surface area contributed by atoms with Gasteiger partial charge in [-0.1, -0.05) is 68.2 Å². The highest BCUT2D eigenvalue weighted by atomic mass is 16.5. The van der Waals surface area contributed by atoms with Crippen molar-refractivity contribution in [3.05, 3.63) is 13.2 Å². The molecular weight excluding hydrogens is 488 g/mol. The predicted molar refractivity (Wildman–Crippen MR) is 168 cm³/mol. The Labute approximate surface area is 243 Å². The molecule has 0 unspecified atom stereocenters. The van der Waals surface area contributed by atoms with Crippen LogP contribution in [-0.4, -0.2) is 77.5 Å². The van der Waals surface area contributed by atoms with Crippen LogP contribution in [0.25, 0.3) is 0 Å². The lowest BCUT2D eigenvalue weighted by Crippen LogP contribution is -2.38. The third-order valence-corrected chi connectivity index (χ3v) is 6.15. The van der Waals surface area contributed by atoms with Crippen LogP contribution in [0.4, 0.5) is 0 Å². The standard InChI is InChI=1S/C16H33NO2.C15H29NO2.C2H4/c1-14(2)6-5-10-18-12-13-19-11-9-17-16(7-8-16)15(3)4;1-14(2)16-9-11-18-13-12-17-10-7-6-8-15(3,4)5;1-2/h14-15,17H,5-13H2,1-4H3;14,16H,8-13H2,1-5H3;1-2H2. The highest BCUT2D eigenvalue weighted by Gasteiger charge is 2.44. The van der Waals surface area contributed by atoms with Crippen molar-refractivity contribution in [2.75, 3.05) is 65.9 Å². The zero-order valence-corrected chi connectivity index (χ0v) is 27.4. The van der Waals surface area contributed by atoms with E-state index in [0.717, 1.165) is 70.8 Å². The summed E-state index contributed by atoms with van der Waals surface area (Å²) in [5.74, 6) is 7.65. The van der Waals surface area contributed by atoms with Crippen molar-refractivity contribution in [3.8, 4) is 11.8 Å². The van der Waals surface area contributed by atoms with Gasteiger partial charge in [-0.05, 0) is 42.9 Å². The summed E-state index contributed by atoms with van der Waals surface area (Å²) in [5, 5.41) is 6.92. The maximum absolute atomic E-state index is 5.58. The van der Waals surface area contributed by atoms with Gasteiger partial charge in [0.05, 0.1) is 39.6 Å². The second kappa shape index (κ2) is 26.0. The summed E-state index contributed by atoms with van der Waals surface area (Å²) in [5.41, 5.74) is 0.705. The Hall–Kier alpha value is -0.940. The molecule has 0 amide bonds. The smallest absolute Gasteiger partial charge is 0.107 e. The topological polar surface area (TPSA) is 61.0 Å². The number of nitrogens with one attached hydrogen (secondary N) is 2. The largest absolute Gasteiger partial charge is 0.379 e. The summed E-state index contributed by atoms with van der Waals surface area (Å²) in [6.45, 7) is 33.4. The van der Waals surface area contributed by atoms with E-state index in [1.807, 2.05) is 0 Å². The Morgan fingerprint density at radius 2 is 1.28 bits per heavy atom. The monoisotopic (exact) mass is 555 g/mol. The van der Waals surface area contributed by atoms with Crippen molar-refractivity contribution in [2.45, 2.75) is 106 Å². The normalized spacial score (nSPS) is 13.8. The summed E-state index contributed by atoms with van der Waals surface area (Å²) in [6, 6.07) is 0.517. The van der Waals surface area contributed by atoms with Crippen LogP contribution < -0.4 is 10.6 Å². The molecule has 232 valence electrons. The molecule has 1 aliphatic carbocycles. The first-order valence-electron chi connectivity index (χ1n) is 15.2. The van der Waals surface area contributed by atoms with E-state index in [0.29, 0.717) is 31.4 Å². The van der Waals surface area contributed by atoms with Crippen LogP contribution in [0.5, 0.6) is 0 Å². The Kier molecular flexibility index (Phi) is 26.8. The van der Waals surface area contributed by atoms with Crippen molar-refractivity contribution in [3.63, 3.8) is 0 Å². The lowest BCUT2D eigenvalue weighted by atomic mass is 9.93. The lowest BCUT2D eigenvalue weighted by Gasteiger charge is -2.21. The van der Waals surface area contributed by atoms with E-state index in [2.05, 4.69) is 97.9 Å². The van der Waals surface area contributed by atoms with Gasteiger partial charge in [-0.15, -0.1) is 19.1 Å². The number of hydrogen-bond acceptors (Lipinski definition) is 6. The predicted octanol–water partition coefficient (Wildman–Crippen LogP) is 6.49. The van der Waals surface area contributed by atoms with E-state index in [-0.39, 0.29) is 5.41 Å². The molecule has 0 spiro atoms. The molecule has 1 saturated carbocycles. The van der Waals surface area contributed by atoms with Crippen molar-refractivity contribution < 1.29 is 18.9 Å². The molecule has 0 radical (unpaired) electrons. The second-order valence-corrected chi connectivity index (χ2v) is 12.4. The minimum Gasteiger partial charge on any atom is -0.379 e. The third kappa shape index (κ3) is 29.9. The van der Waals surface area contributed by atoms with Gasteiger partial charge in [0.2, 0.25) is 0 Å². The summed E-state index contributed by atoms with van der Waals surface area (Å²) in [4.78, 5) is 0.